The SMILES string of the molecule is CCC(C)[C@H]1C(=O)N(CCCc2ccccc2)CC(=O)N1CC(=O)N[C@@H](CC1CCCN(C(=N)N)C1)C(=O)c1nccs1. The van der Waals surface area contributed by atoms with E-state index in [-0.39, 0.29) is 48.5 Å². The van der Waals surface area contributed by atoms with Crippen LogP contribution in [-0.2, 0) is 20.8 Å². The number of benzene rings is 1. The number of nitrogens with two attached hydrogens (primary N) is 1. The summed E-state index contributed by atoms with van der Waals surface area (Å²) in [7, 11) is 0. The molecular formula is C31H43N7O4S. The zero-order valence-corrected chi connectivity index (χ0v) is 25.9. The van der Waals surface area contributed by atoms with Crippen molar-refractivity contribution in [3.8, 4) is 0 Å². The Balaban J connectivity index is 1.43. The average molecular weight is 610 g/mol. The molecule has 0 aliphatic carbocycles. The maximum Gasteiger partial charge on any atom is 0.246 e. The number of thiazole rings is 1. The summed E-state index contributed by atoms with van der Waals surface area (Å²) in [6, 6.07) is 8.44. The summed E-state index contributed by atoms with van der Waals surface area (Å²) in [5.41, 5.74) is 6.89. The van der Waals surface area contributed by atoms with E-state index in [2.05, 4.69) is 10.3 Å². The molecule has 2 unspecified atom stereocenters. The van der Waals surface area contributed by atoms with Gasteiger partial charge in [0.05, 0.1) is 12.6 Å². The number of piperazine rings is 1. The fourth-order valence-corrected chi connectivity index (χ4v) is 6.64. The van der Waals surface area contributed by atoms with Crippen molar-refractivity contribution < 1.29 is 19.2 Å². The highest BCUT2D eigenvalue weighted by molar-refractivity contribution is 7.11. The first kappa shape index (κ1) is 32.1. The minimum absolute atomic E-state index is 0.00462. The van der Waals surface area contributed by atoms with E-state index in [1.165, 1.54) is 21.8 Å². The Morgan fingerprint density at radius 3 is 2.67 bits per heavy atom. The van der Waals surface area contributed by atoms with Gasteiger partial charge in [0.15, 0.2) is 11.0 Å². The van der Waals surface area contributed by atoms with Gasteiger partial charge in [0.25, 0.3) is 0 Å². The second kappa shape index (κ2) is 15.1. The number of nitrogens with one attached hydrogen (secondary N) is 2. The number of nitrogens with zero attached hydrogens (tertiary/aromatic N) is 4. The van der Waals surface area contributed by atoms with Gasteiger partial charge < -0.3 is 25.8 Å². The highest BCUT2D eigenvalue weighted by atomic mass is 32.1. The zero-order chi connectivity index (χ0) is 30.9. The van der Waals surface area contributed by atoms with Crippen molar-refractivity contribution >= 4 is 40.8 Å². The quantitative estimate of drug-likeness (QED) is 0.179. The van der Waals surface area contributed by atoms with Crippen molar-refractivity contribution in [3.63, 3.8) is 0 Å². The fourth-order valence-electron chi connectivity index (χ4n) is 6.01. The van der Waals surface area contributed by atoms with E-state index in [1.807, 2.05) is 44.2 Å². The van der Waals surface area contributed by atoms with Gasteiger partial charge in [0.2, 0.25) is 23.5 Å². The lowest BCUT2D eigenvalue weighted by molar-refractivity contribution is -0.159. The number of rotatable bonds is 13. The van der Waals surface area contributed by atoms with Crippen LogP contribution in [0.1, 0.15) is 61.3 Å². The minimum Gasteiger partial charge on any atom is -0.370 e. The summed E-state index contributed by atoms with van der Waals surface area (Å²) in [6.07, 6.45) is 5.80. The standard InChI is InChI=1S/C31H43N7O4S/c1-3-21(2)27-30(42)36(14-7-11-22-9-5-4-6-10-22)20-26(40)38(27)19-25(39)35-24(28(41)29-34-13-16-43-29)17-23-12-8-15-37(18-23)31(32)33/h4-6,9-10,13,16,21,23-24,27H,3,7-8,11-12,14-15,17-20H2,1-2H3,(H3,32,33)(H,35,39)/t21?,23?,24-,27-/m0/s1. The van der Waals surface area contributed by atoms with E-state index in [0.717, 1.165) is 25.7 Å². The van der Waals surface area contributed by atoms with Crippen molar-refractivity contribution in [2.45, 2.75) is 64.5 Å². The van der Waals surface area contributed by atoms with Gasteiger partial charge in [-0.2, -0.15) is 0 Å². The largest absolute Gasteiger partial charge is 0.370 e. The first-order chi connectivity index (χ1) is 20.7. The lowest BCUT2D eigenvalue weighted by Crippen LogP contribution is -2.63. The summed E-state index contributed by atoms with van der Waals surface area (Å²) in [4.78, 5) is 62.9. The lowest BCUT2D eigenvalue weighted by atomic mass is 9.90. The van der Waals surface area contributed by atoms with Crippen LogP contribution in [0.4, 0.5) is 0 Å². The van der Waals surface area contributed by atoms with Crippen LogP contribution < -0.4 is 11.1 Å². The molecule has 0 bridgehead atoms. The average Bonchev–Trinajstić information content (AvgIpc) is 3.54. The van der Waals surface area contributed by atoms with E-state index in [9.17, 15) is 19.2 Å². The number of carbonyl (C=O) groups is 4. The van der Waals surface area contributed by atoms with E-state index >= 15 is 0 Å². The lowest BCUT2D eigenvalue weighted by Gasteiger charge is -2.42. The van der Waals surface area contributed by atoms with E-state index in [1.54, 1.807) is 21.4 Å². The molecule has 0 spiro atoms. The molecule has 1 aromatic carbocycles. The van der Waals surface area contributed by atoms with Crippen molar-refractivity contribution in [1.82, 2.24) is 25.0 Å². The number of guanidine groups is 1. The molecule has 2 aromatic rings. The molecule has 4 rings (SSSR count). The van der Waals surface area contributed by atoms with Gasteiger partial charge in [-0.1, -0.05) is 50.6 Å². The predicted molar refractivity (Wildman–Crippen MR) is 166 cm³/mol. The smallest absolute Gasteiger partial charge is 0.246 e. The third-order valence-corrected chi connectivity index (χ3v) is 9.29. The molecule has 0 saturated carbocycles. The predicted octanol–water partition coefficient (Wildman–Crippen LogP) is 2.52. The second-order valence-electron chi connectivity index (χ2n) is 11.6. The first-order valence-corrected chi connectivity index (χ1v) is 16.0. The normalized spacial score (nSPS) is 20.6. The van der Waals surface area contributed by atoms with Crippen LogP contribution in [0.25, 0.3) is 0 Å². The Bertz CT molecular complexity index is 1270. The number of Topliss-reactive ketones (excluding diaryl/α,β-unsaturated/α-hetero) is 1. The molecule has 4 N–H and O–H groups in total. The van der Waals surface area contributed by atoms with Crippen LogP contribution in [0.3, 0.4) is 0 Å². The van der Waals surface area contributed by atoms with Crippen LogP contribution >= 0.6 is 11.3 Å². The first-order valence-electron chi connectivity index (χ1n) is 15.1. The molecule has 1 aromatic heterocycles. The molecule has 2 aliphatic heterocycles. The number of amides is 3. The zero-order valence-electron chi connectivity index (χ0n) is 25.0. The van der Waals surface area contributed by atoms with Crippen LogP contribution in [0.15, 0.2) is 41.9 Å². The van der Waals surface area contributed by atoms with E-state index < -0.39 is 18.0 Å². The Morgan fingerprint density at radius 1 is 1.23 bits per heavy atom. The van der Waals surface area contributed by atoms with Crippen molar-refractivity contribution in [3.05, 3.63) is 52.5 Å². The van der Waals surface area contributed by atoms with Crippen molar-refractivity contribution in [2.24, 2.45) is 17.6 Å². The van der Waals surface area contributed by atoms with Gasteiger partial charge in [0, 0.05) is 31.2 Å². The molecule has 2 aliphatic rings. The summed E-state index contributed by atoms with van der Waals surface area (Å²) in [5.74, 6) is -1.29. The number of ketones is 1. The topological polar surface area (TPSA) is 153 Å². The molecule has 11 nitrogen and oxygen atoms in total. The number of likely N-dealkylation sites (tertiary alicyclic amines) is 1. The number of carbonyl (C=O) groups excluding carboxylic acids is 4. The highest BCUT2D eigenvalue weighted by Gasteiger charge is 2.42. The number of hydrogen-bond acceptors (Lipinski definition) is 7. The highest BCUT2D eigenvalue weighted by Crippen LogP contribution is 2.25. The van der Waals surface area contributed by atoms with E-state index in [0.29, 0.717) is 37.5 Å². The fraction of sp³-hybridized carbons (Fsp3) is 0.548. The number of aromatic nitrogens is 1. The molecule has 3 heterocycles. The third-order valence-electron chi connectivity index (χ3n) is 8.50. The Labute approximate surface area is 257 Å². The molecular weight excluding hydrogens is 566 g/mol. The number of aryl methyl sites for hydroxylation is 1. The Kier molecular flexibility index (Phi) is 11.3. The summed E-state index contributed by atoms with van der Waals surface area (Å²) < 4.78 is 0. The Hall–Kier alpha value is -3.80. The third kappa shape index (κ3) is 8.40. The molecule has 2 fully saturated rings. The monoisotopic (exact) mass is 609 g/mol. The van der Waals surface area contributed by atoms with E-state index in [4.69, 9.17) is 11.1 Å². The van der Waals surface area contributed by atoms with Crippen molar-refractivity contribution in [1.29, 1.82) is 5.41 Å². The van der Waals surface area contributed by atoms with Gasteiger partial charge in [-0.15, -0.1) is 11.3 Å². The molecule has 2 saturated heterocycles. The summed E-state index contributed by atoms with van der Waals surface area (Å²) in [6.45, 7) is 5.20. The molecule has 232 valence electrons. The van der Waals surface area contributed by atoms with Gasteiger partial charge >= 0.3 is 0 Å². The summed E-state index contributed by atoms with van der Waals surface area (Å²) >= 11 is 1.21. The molecule has 43 heavy (non-hydrogen) atoms. The van der Waals surface area contributed by atoms with Gasteiger partial charge in [-0.25, -0.2) is 4.98 Å². The molecule has 4 atom stereocenters. The van der Waals surface area contributed by atoms with Crippen LogP contribution in [0.5, 0.6) is 0 Å². The van der Waals surface area contributed by atoms with Crippen molar-refractivity contribution in [2.75, 3.05) is 32.7 Å². The van der Waals surface area contributed by atoms with Gasteiger partial charge in [-0.3, -0.25) is 24.6 Å². The molecule has 3 amide bonds. The second-order valence-corrected chi connectivity index (χ2v) is 12.5. The summed E-state index contributed by atoms with van der Waals surface area (Å²) in [5, 5.41) is 12.7. The van der Waals surface area contributed by atoms with Crippen LogP contribution in [-0.4, -0.2) is 94.0 Å². The Morgan fingerprint density at radius 2 is 2.00 bits per heavy atom. The number of piperidine rings is 1. The van der Waals surface area contributed by atoms with Crippen LogP contribution in [0.2, 0.25) is 0 Å². The molecule has 12 heteroatoms. The minimum atomic E-state index is -0.845. The van der Waals surface area contributed by atoms with Crippen LogP contribution in [0, 0.1) is 17.2 Å². The van der Waals surface area contributed by atoms with Gasteiger partial charge in [-0.05, 0) is 49.5 Å². The number of hydrogen-bond donors (Lipinski definition) is 3. The molecule has 0 radical (unpaired) electrons. The maximum atomic E-state index is 13.6. The van der Waals surface area contributed by atoms with Gasteiger partial charge in [0.1, 0.15) is 12.6 Å². The maximum absolute atomic E-state index is 13.6.